The molecule has 0 spiro atoms. The summed E-state index contributed by atoms with van der Waals surface area (Å²) in [5, 5.41) is 1.09. The summed E-state index contributed by atoms with van der Waals surface area (Å²) in [6.45, 7) is 4.39. The van der Waals surface area contributed by atoms with E-state index < -0.39 is 0 Å². The van der Waals surface area contributed by atoms with Gasteiger partial charge in [0, 0.05) is 40.6 Å². The van der Waals surface area contributed by atoms with Crippen LogP contribution in [0.1, 0.15) is 37.4 Å². The molecule has 2 aliphatic carbocycles. The molecule has 0 saturated carbocycles. The van der Waals surface area contributed by atoms with Gasteiger partial charge in [-0.05, 0) is 26.3 Å². The summed E-state index contributed by atoms with van der Waals surface area (Å²) in [5.41, 5.74) is 14.0. The first-order chi connectivity index (χ1) is 10.2. The Labute approximate surface area is 125 Å². The van der Waals surface area contributed by atoms with Crippen molar-refractivity contribution in [1.82, 2.24) is 4.98 Å². The summed E-state index contributed by atoms with van der Waals surface area (Å²) >= 11 is 0. The first kappa shape index (κ1) is 12.6. The predicted octanol–water partition coefficient (Wildman–Crippen LogP) is 4.37. The van der Waals surface area contributed by atoms with E-state index in [1.165, 1.54) is 22.4 Å². The van der Waals surface area contributed by atoms with E-state index in [4.69, 9.17) is 10.7 Å². The Morgan fingerprint density at radius 1 is 1.24 bits per heavy atom. The van der Waals surface area contributed by atoms with Gasteiger partial charge >= 0.3 is 0 Å². The Morgan fingerprint density at radius 3 is 2.86 bits per heavy atom. The first-order valence-corrected chi connectivity index (χ1v) is 7.69. The van der Waals surface area contributed by atoms with Crippen LogP contribution in [0, 0.1) is 5.92 Å². The molecule has 2 unspecified atom stereocenters. The Kier molecular flexibility index (Phi) is 2.68. The lowest BCUT2D eigenvalue weighted by atomic mass is 9.67. The number of rotatable bonds is 0. The third-order valence-corrected chi connectivity index (χ3v) is 4.99. The van der Waals surface area contributed by atoms with Crippen molar-refractivity contribution in [1.29, 1.82) is 0 Å². The molecule has 2 aliphatic rings. The van der Waals surface area contributed by atoms with Crippen molar-refractivity contribution in [2.24, 2.45) is 5.92 Å². The third-order valence-electron chi connectivity index (χ3n) is 4.99. The summed E-state index contributed by atoms with van der Waals surface area (Å²) in [7, 11) is 0. The van der Waals surface area contributed by atoms with Crippen LogP contribution in [0.4, 0.5) is 5.69 Å². The third kappa shape index (κ3) is 1.75. The highest BCUT2D eigenvalue weighted by Gasteiger charge is 2.36. The summed E-state index contributed by atoms with van der Waals surface area (Å²) < 4.78 is 0. The Bertz CT molecular complexity index is 799. The molecule has 0 amide bonds. The number of allylic oxidation sites excluding steroid dienone is 4. The second-order valence-corrected chi connectivity index (χ2v) is 6.27. The lowest BCUT2D eigenvalue weighted by molar-refractivity contribution is 0.556. The van der Waals surface area contributed by atoms with Gasteiger partial charge in [0.2, 0.25) is 0 Å². The van der Waals surface area contributed by atoms with Crippen LogP contribution in [0.5, 0.6) is 0 Å². The molecule has 2 N–H and O–H groups in total. The monoisotopic (exact) mass is 276 g/mol. The van der Waals surface area contributed by atoms with E-state index in [1.807, 2.05) is 12.1 Å². The van der Waals surface area contributed by atoms with Crippen molar-refractivity contribution in [2.75, 3.05) is 5.73 Å². The van der Waals surface area contributed by atoms with Gasteiger partial charge < -0.3 is 5.73 Å². The standard InChI is InChI=1S/C19H20N2/c1-3-13-12-8-11(2)9-15(13)18-17(10-12)21-16-7-5-4-6-14(16)19(18)20/h3-8,12,15H,9-10H2,1-2H3,(H2,20,21)/b13-3+. The smallest absolute Gasteiger partial charge is 0.0726 e. The van der Waals surface area contributed by atoms with E-state index in [1.54, 1.807) is 0 Å². The van der Waals surface area contributed by atoms with Crippen molar-refractivity contribution < 1.29 is 0 Å². The van der Waals surface area contributed by atoms with Crippen LogP contribution in [-0.4, -0.2) is 4.98 Å². The molecule has 21 heavy (non-hydrogen) atoms. The van der Waals surface area contributed by atoms with Crippen LogP contribution in [0.15, 0.2) is 47.6 Å². The first-order valence-electron chi connectivity index (χ1n) is 7.69. The molecule has 0 saturated heterocycles. The molecule has 1 aromatic carbocycles. The van der Waals surface area contributed by atoms with Gasteiger partial charge in [0.1, 0.15) is 0 Å². The maximum atomic E-state index is 6.55. The average Bonchev–Trinajstić information content (AvgIpc) is 2.46. The van der Waals surface area contributed by atoms with Crippen LogP contribution < -0.4 is 5.73 Å². The fourth-order valence-electron chi connectivity index (χ4n) is 4.12. The zero-order valence-electron chi connectivity index (χ0n) is 12.6. The van der Waals surface area contributed by atoms with Crippen molar-refractivity contribution in [3.05, 3.63) is 58.8 Å². The van der Waals surface area contributed by atoms with Gasteiger partial charge in [0.05, 0.1) is 5.52 Å². The van der Waals surface area contributed by atoms with E-state index >= 15 is 0 Å². The van der Waals surface area contributed by atoms with Gasteiger partial charge in [-0.25, -0.2) is 0 Å². The van der Waals surface area contributed by atoms with Gasteiger partial charge in [0.25, 0.3) is 0 Å². The molecule has 0 aliphatic heterocycles. The number of aromatic nitrogens is 1. The van der Waals surface area contributed by atoms with Crippen LogP contribution in [-0.2, 0) is 6.42 Å². The summed E-state index contributed by atoms with van der Waals surface area (Å²) in [5.74, 6) is 0.931. The molecular weight excluding hydrogens is 256 g/mol. The number of fused-ring (bicyclic) bond motifs is 5. The lowest BCUT2D eigenvalue weighted by Crippen LogP contribution is -2.27. The van der Waals surface area contributed by atoms with E-state index in [0.717, 1.165) is 29.4 Å². The van der Waals surface area contributed by atoms with Crippen LogP contribution in [0.25, 0.3) is 10.9 Å². The number of benzene rings is 1. The quantitative estimate of drug-likeness (QED) is 0.726. The average molecular weight is 276 g/mol. The number of para-hydroxylation sites is 1. The molecule has 4 rings (SSSR count). The largest absolute Gasteiger partial charge is 0.398 e. The van der Waals surface area contributed by atoms with E-state index in [-0.39, 0.29) is 0 Å². The maximum absolute atomic E-state index is 6.55. The predicted molar refractivity (Wildman–Crippen MR) is 88.2 cm³/mol. The summed E-state index contributed by atoms with van der Waals surface area (Å²) in [4.78, 5) is 4.92. The highest BCUT2D eigenvalue weighted by Crippen LogP contribution is 2.49. The van der Waals surface area contributed by atoms with E-state index in [2.05, 4.69) is 38.1 Å². The van der Waals surface area contributed by atoms with E-state index in [0.29, 0.717) is 11.8 Å². The van der Waals surface area contributed by atoms with Crippen molar-refractivity contribution in [2.45, 2.75) is 32.6 Å². The highest BCUT2D eigenvalue weighted by atomic mass is 14.8. The SMILES string of the molecule is C/C=C1\C2C=C(C)CC1c1c(nc3ccccc3c1N)C2. The molecule has 0 radical (unpaired) electrons. The second-order valence-electron chi connectivity index (χ2n) is 6.27. The topological polar surface area (TPSA) is 38.9 Å². The van der Waals surface area contributed by atoms with Crippen molar-refractivity contribution >= 4 is 16.6 Å². The van der Waals surface area contributed by atoms with Gasteiger partial charge in [-0.3, -0.25) is 4.98 Å². The number of nitrogens with two attached hydrogens (primary N) is 1. The summed E-state index contributed by atoms with van der Waals surface area (Å²) in [6.07, 6.45) is 6.77. The highest BCUT2D eigenvalue weighted by molar-refractivity contribution is 5.93. The van der Waals surface area contributed by atoms with Gasteiger partial charge in [-0.1, -0.05) is 41.5 Å². The number of hydrogen-bond acceptors (Lipinski definition) is 2. The normalized spacial score (nSPS) is 25.8. The second kappa shape index (κ2) is 4.45. The van der Waals surface area contributed by atoms with Crippen LogP contribution >= 0.6 is 0 Å². The molecule has 2 nitrogen and oxygen atoms in total. The molecule has 2 atom stereocenters. The van der Waals surface area contributed by atoms with Gasteiger partial charge in [0.15, 0.2) is 0 Å². The van der Waals surface area contributed by atoms with Crippen LogP contribution in [0.2, 0.25) is 0 Å². The van der Waals surface area contributed by atoms with Crippen molar-refractivity contribution in [3.8, 4) is 0 Å². The minimum atomic E-state index is 0.422. The molecule has 0 fully saturated rings. The molecule has 1 heterocycles. The van der Waals surface area contributed by atoms with Gasteiger partial charge in [-0.2, -0.15) is 0 Å². The Hall–Kier alpha value is -2.09. The molecule has 1 aromatic heterocycles. The van der Waals surface area contributed by atoms with Crippen LogP contribution in [0.3, 0.4) is 0 Å². The zero-order valence-corrected chi connectivity index (χ0v) is 12.6. The number of pyridine rings is 1. The maximum Gasteiger partial charge on any atom is 0.0726 e. The minimum Gasteiger partial charge on any atom is -0.398 e. The lowest BCUT2D eigenvalue weighted by Gasteiger charge is -2.38. The fraction of sp³-hybridized carbons (Fsp3) is 0.316. The zero-order chi connectivity index (χ0) is 14.6. The summed E-state index contributed by atoms with van der Waals surface area (Å²) in [6, 6.07) is 8.23. The molecule has 2 bridgehead atoms. The molecule has 2 heteroatoms. The fourth-order valence-corrected chi connectivity index (χ4v) is 4.12. The molecule has 106 valence electrons. The number of nitrogen functional groups attached to an aromatic ring is 1. The molecular formula is C19H20N2. The molecule has 2 aromatic rings. The minimum absolute atomic E-state index is 0.422. The number of nitrogens with zero attached hydrogens (tertiary/aromatic N) is 1. The Balaban J connectivity index is 2.02. The van der Waals surface area contributed by atoms with E-state index in [9.17, 15) is 0 Å². The van der Waals surface area contributed by atoms with Crippen molar-refractivity contribution in [3.63, 3.8) is 0 Å². The Morgan fingerprint density at radius 2 is 2.05 bits per heavy atom. The number of anilines is 1. The van der Waals surface area contributed by atoms with Gasteiger partial charge in [-0.15, -0.1) is 0 Å². The number of hydrogen-bond donors (Lipinski definition) is 1.